The van der Waals surface area contributed by atoms with Gasteiger partial charge < -0.3 is 11.1 Å². The fourth-order valence-corrected chi connectivity index (χ4v) is 3.92. The van der Waals surface area contributed by atoms with E-state index in [4.69, 9.17) is 17.3 Å². The van der Waals surface area contributed by atoms with E-state index in [0.717, 1.165) is 0 Å². The minimum Gasteiger partial charge on any atom is -0.384 e. The highest BCUT2D eigenvalue weighted by Gasteiger charge is 2.48. The molecule has 7 nitrogen and oxygen atoms in total. The van der Waals surface area contributed by atoms with Crippen LogP contribution in [0.1, 0.15) is 31.4 Å². The van der Waals surface area contributed by atoms with Crippen LogP contribution in [-0.2, 0) is 12.2 Å². The molecular formula is C16H17ClF2N6O. The zero-order valence-electron chi connectivity index (χ0n) is 13.7. The van der Waals surface area contributed by atoms with E-state index >= 15 is 0 Å². The number of hydrogen-bond donors (Lipinski definition) is 3. The minimum absolute atomic E-state index is 0.160. The van der Waals surface area contributed by atoms with Gasteiger partial charge in [-0.25, -0.2) is 18.7 Å². The van der Waals surface area contributed by atoms with Crippen LogP contribution >= 0.6 is 11.6 Å². The van der Waals surface area contributed by atoms with Gasteiger partial charge >= 0.3 is 0 Å². The number of nitrogens with two attached hydrogens (primary N) is 1. The number of nitrogens with zero attached hydrogens (tertiary/aromatic N) is 3. The van der Waals surface area contributed by atoms with Crippen LogP contribution in [0, 0.1) is 0 Å². The topological polar surface area (TPSA) is 97.9 Å². The number of fused-ring (bicyclic) bond motifs is 2. The van der Waals surface area contributed by atoms with E-state index in [1.807, 2.05) is 0 Å². The highest BCUT2D eigenvalue weighted by atomic mass is 35.5. The van der Waals surface area contributed by atoms with Gasteiger partial charge in [0.2, 0.25) is 5.92 Å². The highest BCUT2D eigenvalue weighted by Crippen LogP contribution is 2.44. The molecule has 4 N–H and O–H groups in total. The molecule has 1 fully saturated rings. The van der Waals surface area contributed by atoms with Crippen LogP contribution in [-0.4, -0.2) is 20.5 Å². The van der Waals surface area contributed by atoms with E-state index < -0.39 is 11.6 Å². The van der Waals surface area contributed by atoms with Gasteiger partial charge in [-0.3, -0.25) is 14.7 Å². The molecule has 2 aromatic heterocycles. The number of hydrogen-bond acceptors (Lipinski definition) is 6. The van der Waals surface area contributed by atoms with Crippen molar-refractivity contribution in [2.75, 3.05) is 11.1 Å². The maximum Gasteiger partial charge on any atom is 0.276 e. The third kappa shape index (κ3) is 2.80. The number of nitrogens with one attached hydrogen (secondary N) is 2. The Balaban J connectivity index is 1.76. The van der Waals surface area contributed by atoms with Crippen LogP contribution in [0.2, 0.25) is 5.02 Å². The quantitative estimate of drug-likeness (QED) is 0.738. The summed E-state index contributed by atoms with van der Waals surface area (Å²) in [7, 11) is 0. The summed E-state index contributed by atoms with van der Waals surface area (Å²) < 4.78 is 28.8. The second kappa shape index (κ2) is 5.88. The molecule has 1 aliphatic carbocycles. The first-order valence-corrected chi connectivity index (χ1v) is 8.60. The molecular weight excluding hydrogens is 366 g/mol. The number of rotatable bonds is 2. The maximum absolute atomic E-state index is 13.6. The molecule has 1 saturated carbocycles. The molecule has 0 aromatic carbocycles. The van der Waals surface area contributed by atoms with Crippen LogP contribution in [0.15, 0.2) is 23.3 Å². The second-order valence-electron chi connectivity index (χ2n) is 6.69. The molecule has 2 aliphatic rings. The first-order chi connectivity index (χ1) is 12.3. The Morgan fingerprint density at radius 2 is 1.96 bits per heavy atom. The Morgan fingerprint density at radius 1 is 1.23 bits per heavy atom. The predicted octanol–water partition coefficient (Wildman–Crippen LogP) is 2.58. The monoisotopic (exact) mass is 382 g/mol. The lowest BCUT2D eigenvalue weighted by Crippen LogP contribution is -2.50. The maximum atomic E-state index is 13.6. The molecule has 1 spiro atoms. The average molecular weight is 383 g/mol. The highest BCUT2D eigenvalue weighted by molar-refractivity contribution is 6.31. The van der Waals surface area contributed by atoms with E-state index in [-0.39, 0.29) is 42.7 Å². The fourth-order valence-electron chi connectivity index (χ4n) is 3.66. The van der Waals surface area contributed by atoms with E-state index in [0.29, 0.717) is 23.1 Å². The van der Waals surface area contributed by atoms with Crippen molar-refractivity contribution < 1.29 is 8.78 Å². The summed E-state index contributed by atoms with van der Waals surface area (Å²) in [5.74, 6) is -2.10. The molecule has 4 rings (SSSR count). The normalized spacial score (nSPS) is 20.1. The van der Waals surface area contributed by atoms with Gasteiger partial charge in [-0.05, 0) is 18.9 Å². The SMILES string of the molecule is Nc1cc(Nc2cc(Cl)c3n(c2=O)C2(CCC(F)(F)CC2)NC3)ncn1. The summed E-state index contributed by atoms with van der Waals surface area (Å²) in [6.07, 6.45) is 1.05. The van der Waals surface area contributed by atoms with Gasteiger partial charge in [-0.1, -0.05) is 11.6 Å². The summed E-state index contributed by atoms with van der Waals surface area (Å²) in [5.41, 5.74) is 5.27. The molecule has 0 atom stereocenters. The van der Waals surface area contributed by atoms with Crippen molar-refractivity contribution in [3.8, 4) is 0 Å². The summed E-state index contributed by atoms with van der Waals surface area (Å²) in [5, 5.41) is 6.51. The van der Waals surface area contributed by atoms with Crippen LogP contribution in [0.5, 0.6) is 0 Å². The standard InChI is InChI=1S/C16H17ClF2N6O/c17-9-5-10(24-13-6-12(20)21-8-22-13)14(26)25-11(9)7-23-16(25)3-1-15(18,19)2-4-16/h5-6,8,23H,1-4,7H2,(H3,20,21,22,24). The lowest BCUT2D eigenvalue weighted by atomic mass is 9.86. The van der Waals surface area contributed by atoms with Crippen molar-refractivity contribution in [2.45, 2.75) is 43.8 Å². The molecule has 1 aliphatic heterocycles. The molecule has 0 amide bonds. The van der Waals surface area contributed by atoms with Crippen LogP contribution in [0.4, 0.5) is 26.1 Å². The van der Waals surface area contributed by atoms with Gasteiger partial charge in [0, 0.05) is 25.5 Å². The predicted molar refractivity (Wildman–Crippen MR) is 93.7 cm³/mol. The Kier molecular flexibility index (Phi) is 3.89. The van der Waals surface area contributed by atoms with Crippen molar-refractivity contribution in [2.24, 2.45) is 0 Å². The molecule has 0 saturated heterocycles. The van der Waals surface area contributed by atoms with Crippen molar-refractivity contribution >= 4 is 28.9 Å². The summed E-state index contributed by atoms with van der Waals surface area (Å²) in [6.45, 7) is 0.361. The van der Waals surface area contributed by atoms with Gasteiger partial charge in [0.25, 0.3) is 5.56 Å². The Bertz CT molecular complexity index is 921. The van der Waals surface area contributed by atoms with Gasteiger partial charge in [0.05, 0.1) is 16.4 Å². The lowest BCUT2D eigenvalue weighted by molar-refractivity contribution is -0.0678. The van der Waals surface area contributed by atoms with E-state index in [1.54, 1.807) is 0 Å². The molecule has 0 unspecified atom stereocenters. The molecule has 2 aromatic rings. The average Bonchev–Trinajstić information content (AvgIpc) is 2.96. The first kappa shape index (κ1) is 17.2. The van der Waals surface area contributed by atoms with E-state index in [2.05, 4.69) is 20.6 Å². The summed E-state index contributed by atoms with van der Waals surface area (Å²) in [4.78, 5) is 20.9. The van der Waals surface area contributed by atoms with Gasteiger partial charge in [0.1, 0.15) is 23.7 Å². The van der Waals surface area contributed by atoms with Crippen LogP contribution < -0.4 is 21.9 Å². The summed E-state index contributed by atoms with van der Waals surface area (Å²) in [6, 6.07) is 3.01. The van der Waals surface area contributed by atoms with Crippen molar-refractivity contribution in [3.05, 3.63) is 39.5 Å². The number of halogens is 3. The zero-order chi connectivity index (χ0) is 18.5. The second-order valence-corrected chi connectivity index (χ2v) is 7.09. The van der Waals surface area contributed by atoms with Crippen molar-refractivity contribution in [3.63, 3.8) is 0 Å². The number of aromatic nitrogens is 3. The van der Waals surface area contributed by atoms with Crippen molar-refractivity contribution in [1.29, 1.82) is 0 Å². The summed E-state index contributed by atoms with van der Waals surface area (Å²) >= 11 is 6.36. The van der Waals surface area contributed by atoms with E-state index in [1.165, 1.54) is 23.0 Å². The molecule has 3 heterocycles. The van der Waals surface area contributed by atoms with Crippen LogP contribution in [0.25, 0.3) is 0 Å². The Morgan fingerprint density at radius 3 is 2.65 bits per heavy atom. The Labute approximate surface area is 152 Å². The van der Waals surface area contributed by atoms with Crippen LogP contribution in [0.3, 0.4) is 0 Å². The van der Waals surface area contributed by atoms with Gasteiger partial charge in [-0.2, -0.15) is 0 Å². The smallest absolute Gasteiger partial charge is 0.276 e. The zero-order valence-corrected chi connectivity index (χ0v) is 14.5. The Hall–Kier alpha value is -2.26. The third-order valence-electron chi connectivity index (χ3n) is 5.02. The number of anilines is 3. The van der Waals surface area contributed by atoms with Gasteiger partial charge in [0.15, 0.2) is 0 Å². The lowest BCUT2D eigenvalue weighted by Gasteiger charge is -2.39. The number of pyridine rings is 1. The molecule has 10 heteroatoms. The molecule has 0 radical (unpaired) electrons. The largest absolute Gasteiger partial charge is 0.384 e. The van der Waals surface area contributed by atoms with Gasteiger partial charge in [-0.15, -0.1) is 0 Å². The van der Waals surface area contributed by atoms with Crippen molar-refractivity contribution in [1.82, 2.24) is 19.9 Å². The number of alkyl halides is 2. The molecule has 0 bridgehead atoms. The first-order valence-electron chi connectivity index (χ1n) is 8.22. The minimum atomic E-state index is -2.70. The number of nitrogen functional groups attached to an aromatic ring is 1. The van der Waals surface area contributed by atoms with E-state index in [9.17, 15) is 13.6 Å². The fraction of sp³-hybridized carbons (Fsp3) is 0.438. The third-order valence-corrected chi connectivity index (χ3v) is 5.35. The molecule has 26 heavy (non-hydrogen) atoms. The molecule has 138 valence electrons.